The first-order valence-electron chi connectivity index (χ1n) is 6.49. The SMILES string of the molecule is CCOc1c(Br)cc(CN[C@@H](CC)CO)cc1OC. The molecule has 0 radical (unpaired) electrons. The highest BCUT2D eigenvalue weighted by atomic mass is 79.9. The van der Waals surface area contributed by atoms with Crippen molar-refractivity contribution in [2.75, 3.05) is 20.3 Å². The van der Waals surface area contributed by atoms with Crippen LogP contribution in [-0.2, 0) is 6.54 Å². The van der Waals surface area contributed by atoms with E-state index in [0.717, 1.165) is 22.2 Å². The lowest BCUT2D eigenvalue weighted by Crippen LogP contribution is -2.31. The predicted molar refractivity (Wildman–Crippen MR) is 79.9 cm³/mol. The molecule has 0 heterocycles. The van der Waals surface area contributed by atoms with Crippen LogP contribution >= 0.6 is 15.9 Å². The quantitative estimate of drug-likeness (QED) is 0.769. The number of aliphatic hydroxyl groups excluding tert-OH is 1. The Kier molecular flexibility index (Phi) is 7.20. The van der Waals surface area contributed by atoms with Crippen molar-refractivity contribution in [2.24, 2.45) is 0 Å². The molecule has 0 bridgehead atoms. The van der Waals surface area contributed by atoms with Gasteiger partial charge in [0.25, 0.3) is 0 Å². The topological polar surface area (TPSA) is 50.7 Å². The summed E-state index contributed by atoms with van der Waals surface area (Å²) in [5.41, 5.74) is 1.08. The fourth-order valence-corrected chi connectivity index (χ4v) is 2.36. The van der Waals surface area contributed by atoms with Crippen molar-refractivity contribution in [3.63, 3.8) is 0 Å². The van der Waals surface area contributed by atoms with Gasteiger partial charge < -0.3 is 19.9 Å². The summed E-state index contributed by atoms with van der Waals surface area (Å²) in [7, 11) is 1.63. The van der Waals surface area contributed by atoms with Crippen LogP contribution < -0.4 is 14.8 Å². The van der Waals surface area contributed by atoms with Gasteiger partial charge in [-0.05, 0) is 47.0 Å². The van der Waals surface area contributed by atoms with E-state index in [4.69, 9.17) is 14.6 Å². The van der Waals surface area contributed by atoms with Crippen LogP contribution in [0.1, 0.15) is 25.8 Å². The number of hydrogen-bond acceptors (Lipinski definition) is 4. The van der Waals surface area contributed by atoms with E-state index < -0.39 is 0 Å². The summed E-state index contributed by atoms with van der Waals surface area (Å²) in [6.07, 6.45) is 0.895. The molecule has 1 rings (SSSR count). The fraction of sp³-hybridized carbons (Fsp3) is 0.571. The smallest absolute Gasteiger partial charge is 0.175 e. The van der Waals surface area contributed by atoms with Gasteiger partial charge in [0.2, 0.25) is 0 Å². The zero-order chi connectivity index (χ0) is 14.3. The van der Waals surface area contributed by atoms with E-state index in [0.29, 0.717) is 18.9 Å². The molecular weight excluding hydrogens is 310 g/mol. The number of hydrogen-bond donors (Lipinski definition) is 2. The lowest BCUT2D eigenvalue weighted by atomic mass is 10.1. The van der Waals surface area contributed by atoms with E-state index >= 15 is 0 Å². The zero-order valence-corrected chi connectivity index (χ0v) is 13.3. The molecule has 108 valence electrons. The largest absolute Gasteiger partial charge is 0.493 e. The highest BCUT2D eigenvalue weighted by Crippen LogP contribution is 2.36. The second kappa shape index (κ2) is 8.40. The minimum Gasteiger partial charge on any atom is -0.493 e. The molecular formula is C14H22BrNO3. The Morgan fingerprint density at radius 2 is 2.11 bits per heavy atom. The van der Waals surface area contributed by atoms with Crippen LogP contribution in [-0.4, -0.2) is 31.5 Å². The highest BCUT2D eigenvalue weighted by Gasteiger charge is 2.12. The van der Waals surface area contributed by atoms with Crippen molar-refractivity contribution < 1.29 is 14.6 Å². The van der Waals surface area contributed by atoms with Gasteiger partial charge >= 0.3 is 0 Å². The average Bonchev–Trinajstić information content (AvgIpc) is 2.42. The van der Waals surface area contributed by atoms with Gasteiger partial charge in [-0.25, -0.2) is 0 Å². The molecule has 0 aliphatic heterocycles. The van der Waals surface area contributed by atoms with E-state index in [9.17, 15) is 0 Å². The third-order valence-electron chi connectivity index (χ3n) is 2.89. The van der Waals surface area contributed by atoms with Gasteiger partial charge in [-0.2, -0.15) is 0 Å². The zero-order valence-electron chi connectivity index (χ0n) is 11.7. The molecule has 0 aliphatic rings. The van der Waals surface area contributed by atoms with Crippen molar-refractivity contribution in [1.29, 1.82) is 0 Å². The molecule has 0 spiro atoms. The van der Waals surface area contributed by atoms with Crippen LogP contribution in [0, 0.1) is 0 Å². The third kappa shape index (κ3) is 4.67. The molecule has 1 atom stereocenters. The molecule has 0 saturated carbocycles. The van der Waals surface area contributed by atoms with Crippen LogP contribution in [0.15, 0.2) is 16.6 Å². The number of halogens is 1. The third-order valence-corrected chi connectivity index (χ3v) is 3.47. The second-order valence-electron chi connectivity index (χ2n) is 4.21. The molecule has 0 aromatic heterocycles. The van der Waals surface area contributed by atoms with Gasteiger partial charge in [0.1, 0.15) is 0 Å². The van der Waals surface area contributed by atoms with E-state index in [1.54, 1.807) is 7.11 Å². The maximum Gasteiger partial charge on any atom is 0.175 e. The Balaban J connectivity index is 2.83. The van der Waals surface area contributed by atoms with Gasteiger partial charge in [-0.3, -0.25) is 0 Å². The van der Waals surface area contributed by atoms with Crippen molar-refractivity contribution in [3.05, 3.63) is 22.2 Å². The van der Waals surface area contributed by atoms with Crippen LogP contribution in [0.4, 0.5) is 0 Å². The fourth-order valence-electron chi connectivity index (χ4n) is 1.76. The lowest BCUT2D eigenvalue weighted by molar-refractivity contribution is 0.238. The Labute approximate surface area is 123 Å². The molecule has 0 aliphatic carbocycles. The summed E-state index contributed by atoms with van der Waals surface area (Å²) in [4.78, 5) is 0. The molecule has 0 saturated heterocycles. The number of aliphatic hydroxyl groups is 1. The normalized spacial score (nSPS) is 12.3. The number of nitrogens with one attached hydrogen (secondary N) is 1. The van der Waals surface area contributed by atoms with Crippen LogP contribution in [0.5, 0.6) is 11.5 Å². The molecule has 19 heavy (non-hydrogen) atoms. The summed E-state index contributed by atoms with van der Waals surface area (Å²) in [6.45, 7) is 5.40. The van der Waals surface area contributed by atoms with E-state index in [-0.39, 0.29) is 12.6 Å². The molecule has 2 N–H and O–H groups in total. The standard InChI is InChI=1S/C14H22BrNO3/c1-4-11(9-17)16-8-10-6-12(15)14(19-5-2)13(7-10)18-3/h6-7,11,16-17H,4-5,8-9H2,1-3H3/t11-/m0/s1. The number of benzene rings is 1. The van der Waals surface area contributed by atoms with Crippen molar-refractivity contribution >= 4 is 15.9 Å². The van der Waals surface area contributed by atoms with Crippen LogP contribution in [0.2, 0.25) is 0 Å². The first-order valence-corrected chi connectivity index (χ1v) is 7.28. The summed E-state index contributed by atoms with van der Waals surface area (Å²) in [5, 5.41) is 12.5. The summed E-state index contributed by atoms with van der Waals surface area (Å²) < 4.78 is 11.8. The van der Waals surface area contributed by atoms with Gasteiger partial charge in [-0.1, -0.05) is 6.92 Å². The summed E-state index contributed by atoms with van der Waals surface area (Å²) >= 11 is 3.50. The Bertz CT molecular complexity index is 395. The minimum atomic E-state index is 0.122. The van der Waals surface area contributed by atoms with Gasteiger partial charge in [0.15, 0.2) is 11.5 Å². The molecule has 4 nitrogen and oxygen atoms in total. The summed E-state index contributed by atoms with van der Waals surface area (Å²) in [6, 6.07) is 4.08. The molecule has 1 aromatic rings. The Morgan fingerprint density at radius 3 is 2.63 bits per heavy atom. The van der Waals surface area contributed by atoms with E-state index in [1.807, 2.05) is 26.0 Å². The van der Waals surface area contributed by atoms with Crippen molar-refractivity contribution in [3.8, 4) is 11.5 Å². The molecule has 5 heteroatoms. The van der Waals surface area contributed by atoms with Crippen LogP contribution in [0.3, 0.4) is 0 Å². The average molecular weight is 332 g/mol. The van der Waals surface area contributed by atoms with Gasteiger partial charge in [-0.15, -0.1) is 0 Å². The monoisotopic (exact) mass is 331 g/mol. The highest BCUT2D eigenvalue weighted by molar-refractivity contribution is 9.10. The first-order chi connectivity index (χ1) is 9.15. The predicted octanol–water partition coefficient (Wildman–Crippen LogP) is 2.72. The number of methoxy groups -OCH3 is 1. The van der Waals surface area contributed by atoms with Gasteiger partial charge in [0.05, 0.1) is 24.8 Å². The molecule has 1 aromatic carbocycles. The van der Waals surface area contributed by atoms with Crippen LogP contribution in [0.25, 0.3) is 0 Å². The van der Waals surface area contributed by atoms with Gasteiger partial charge in [0, 0.05) is 12.6 Å². The number of ether oxygens (including phenoxy) is 2. The maximum absolute atomic E-state index is 9.16. The Hall–Kier alpha value is -0.780. The molecule has 0 fully saturated rings. The van der Waals surface area contributed by atoms with Crippen molar-refractivity contribution in [1.82, 2.24) is 5.32 Å². The maximum atomic E-state index is 9.16. The lowest BCUT2D eigenvalue weighted by Gasteiger charge is -2.16. The molecule has 0 unspecified atom stereocenters. The molecule has 0 amide bonds. The van der Waals surface area contributed by atoms with E-state index in [2.05, 4.69) is 21.2 Å². The number of rotatable bonds is 8. The second-order valence-corrected chi connectivity index (χ2v) is 5.07. The Morgan fingerprint density at radius 1 is 1.37 bits per heavy atom. The minimum absolute atomic E-state index is 0.122. The summed E-state index contributed by atoms with van der Waals surface area (Å²) in [5.74, 6) is 1.44. The van der Waals surface area contributed by atoms with E-state index in [1.165, 1.54) is 0 Å². The first kappa shape index (κ1) is 16.3. The van der Waals surface area contributed by atoms with Crippen molar-refractivity contribution in [2.45, 2.75) is 32.9 Å².